The molecule has 0 fully saturated rings. The van der Waals surface area contributed by atoms with Gasteiger partial charge in [0.05, 0.1) is 11.9 Å². The molecular formula is C20H30N4O2S. The van der Waals surface area contributed by atoms with Gasteiger partial charge < -0.3 is 9.80 Å². The van der Waals surface area contributed by atoms with Gasteiger partial charge in [-0.15, -0.1) is 11.3 Å². The van der Waals surface area contributed by atoms with Gasteiger partial charge in [-0.2, -0.15) is 0 Å². The van der Waals surface area contributed by atoms with E-state index in [1.807, 2.05) is 26.0 Å². The first-order chi connectivity index (χ1) is 12.9. The second-order valence-electron chi connectivity index (χ2n) is 7.72. The van der Waals surface area contributed by atoms with Gasteiger partial charge in [-0.05, 0) is 51.8 Å². The summed E-state index contributed by atoms with van der Waals surface area (Å²) in [4.78, 5) is 36.8. The van der Waals surface area contributed by atoms with Gasteiger partial charge in [0, 0.05) is 18.5 Å². The molecule has 1 amide bonds. The van der Waals surface area contributed by atoms with Crippen molar-refractivity contribution >= 4 is 27.5 Å². The highest BCUT2D eigenvalue weighted by molar-refractivity contribution is 7.18. The minimum atomic E-state index is -0.0477. The van der Waals surface area contributed by atoms with E-state index in [-0.39, 0.29) is 18.0 Å². The fourth-order valence-corrected chi connectivity index (χ4v) is 4.89. The topological polar surface area (TPSA) is 58.4 Å². The van der Waals surface area contributed by atoms with Crippen molar-refractivity contribution in [3.05, 3.63) is 26.6 Å². The third-order valence-corrected chi connectivity index (χ3v) is 6.36. The summed E-state index contributed by atoms with van der Waals surface area (Å²) in [7, 11) is 5.72. The maximum absolute atomic E-state index is 13.4. The van der Waals surface area contributed by atoms with Gasteiger partial charge in [-0.25, -0.2) is 4.98 Å². The van der Waals surface area contributed by atoms with E-state index in [1.54, 1.807) is 20.8 Å². The number of fused-ring (bicyclic) bond motifs is 3. The Kier molecular flexibility index (Phi) is 6.32. The van der Waals surface area contributed by atoms with Gasteiger partial charge in [-0.3, -0.25) is 14.2 Å². The number of nitrogens with zero attached hydrogens (tertiary/aromatic N) is 4. The van der Waals surface area contributed by atoms with Crippen LogP contribution < -0.4 is 5.56 Å². The van der Waals surface area contributed by atoms with Crippen molar-refractivity contribution in [1.29, 1.82) is 0 Å². The second-order valence-corrected chi connectivity index (χ2v) is 8.80. The average molecular weight is 391 g/mol. The molecule has 27 heavy (non-hydrogen) atoms. The fourth-order valence-electron chi connectivity index (χ4n) is 3.62. The first-order valence-electron chi connectivity index (χ1n) is 9.85. The molecule has 0 aliphatic heterocycles. The van der Waals surface area contributed by atoms with Crippen LogP contribution in [0.4, 0.5) is 0 Å². The van der Waals surface area contributed by atoms with Crippen LogP contribution in [0.2, 0.25) is 0 Å². The van der Waals surface area contributed by atoms with Crippen LogP contribution in [0.1, 0.15) is 48.9 Å². The van der Waals surface area contributed by atoms with Crippen molar-refractivity contribution in [3.8, 4) is 0 Å². The molecule has 1 aliphatic rings. The standard InChI is InChI=1S/C20H30N4O2S/c1-5-6-11-23(4)17(25)13-24-16(12-22(2)3)21-19-18(20(24)26)14-9-7-8-10-15(14)27-19/h5-13H2,1-4H3. The molecule has 0 unspecified atom stereocenters. The van der Waals surface area contributed by atoms with Gasteiger partial charge in [0.15, 0.2) is 0 Å². The number of unbranched alkanes of at least 4 members (excludes halogenated alkanes) is 1. The molecule has 0 aromatic carbocycles. The number of hydrogen-bond acceptors (Lipinski definition) is 5. The number of hydrogen-bond donors (Lipinski definition) is 0. The monoisotopic (exact) mass is 390 g/mol. The van der Waals surface area contributed by atoms with Gasteiger partial charge in [-0.1, -0.05) is 13.3 Å². The first kappa shape index (κ1) is 20.0. The second kappa shape index (κ2) is 8.52. The van der Waals surface area contributed by atoms with Crippen LogP contribution in [-0.2, 0) is 30.7 Å². The van der Waals surface area contributed by atoms with E-state index < -0.39 is 0 Å². The lowest BCUT2D eigenvalue weighted by atomic mass is 9.97. The number of carbonyl (C=O) groups excluding carboxylic acids is 1. The predicted octanol–water partition coefficient (Wildman–Crippen LogP) is 2.66. The SMILES string of the molecule is CCCCN(C)C(=O)Cn1c(CN(C)C)nc2sc3c(c2c1=O)CCCC3. The van der Waals surface area contributed by atoms with Gasteiger partial charge in [0.25, 0.3) is 5.56 Å². The zero-order chi connectivity index (χ0) is 19.6. The Morgan fingerprint density at radius 2 is 1.96 bits per heavy atom. The highest BCUT2D eigenvalue weighted by Crippen LogP contribution is 2.33. The molecule has 0 radical (unpaired) electrons. The lowest BCUT2D eigenvalue weighted by Crippen LogP contribution is -2.37. The Bertz CT molecular complexity index is 884. The average Bonchev–Trinajstić information content (AvgIpc) is 3.00. The Labute approximate surface area is 164 Å². The molecule has 3 rings (SSSR count). The van der Waals surface area contributed by atoms with E-state index in [0.717, 1.165) is 48.9 Å². The van der Waals surface area contributed by atoms with Gasteiger partial charge in [0.2, 0.25) is 5.91 Å². The summed E-state index contributed by atoms with van der Waals surface area (Å²) in [5.41, 5.74) is 1.13. The van der Waals surface area contributed by atoms with Crippen LogP contribution in [-0.4, -0.2) is 52.9 Å². The quantitative estimate of drug-likeness (QED) is 0.729. The summed E-state index contributed by atoms with van der Waals surface area (Å²) in [5.74, 6) is 0.643. The molecule has 0 atom stereocenters. The molecule has 0 saturated heterocycles. The summed E-state index contributed by atoms with van der Waals surface area (Å²) < 4.78 is 1.61. The molecule has 2 heterocycles. The Morgan fingerprint density at radius 3 is 2.67 bits per heavy atom. The predicted molar refractivity (Wildman–Crippen MR) is 110 cm³/mol. The normalized spacial score (nSPS) is 14.0. The smallest absolute Gasteiger partial charge is 0.263 e. The first-order valence-corrected chi connectivity index (χ1v) is 10.7. The molecule has 0 spiro atoms. The number of likely N-dealkylation sites (N-methyl/N-ethyl adjacent to an activating group) is 1. The van der Waals surface area contributed by atoms with Crippen molar-refractivity contribution in [2.24, 2.45) is 0 Å². The van der Waals surface area contributed by atoms with Crippen molar-refractivity contribution in [2.75, 3.05) is 27.7 Å². The summed E-state index contributed by atoms with van der Waals surface area (Å²) in [6.45, 7) is 3.43. The molecular weight excluding hydrogens is 360 g/mol. The Morgan fingerprint density at radius 1 is 1.22 bits per heavy atom. The minimum absolute atomic E-state index is 0.0317. The van der Waals surface area contributed by atoms with E-state index >= 15 is 0 Å². The van der Waals surface area contributed by atoms with Gasteiger partial charge >= 0.3 is 0 Å². The molecule has 0 bridgehead atoms. The number of carbonyl (C=O) groups is 1. The highest BCUT2D eigenvalue weighted by Gasteiger charge is 2.23. The van der Waals surface area contributed by atoms with E-state index in [9.17, 15) is 9.59 Å². The van der Waals surface area contributed by atoms with Gasteiger partial charge in [0.1, 0.15) is 17.2 Å². The fraction of sp³-hybridized carbons (Fsp3) is 0.650. The molecule has 6 nitrogen and oxygen atoms in total. The molecule has 1 aliphatic carbocycles. The number of amides is 1. The maximum atomic E-state index is 13.4. The zero-order valence-corrected chi connectivity index (χ0v) is 17.7. The van der Waals surface area contributed by atoms with Crippen molar-refractivity contribution in [1.82, 2.24) is 19.4 Å². The zero-order valence-electron chi connectivity index (χ0n) is 16.9. The Balaban J connectivity index is 2.04. The molecule has 2 aromatic heterocycles. The summed E-state index contributed by atoms with van der Waals surface area (Å²) in [6, 6.07) is 0. The highest BCUT2D eigenvalue weighted by atomic mass is 32.1. The minimum Gasteiger partial charge on any atom is -0.344 e. The summed E-state index contributed by atoms with van der Waals surface area (Å²) in [5, 5.41) is 0.751. The molecule has 2 aromatic rings. The number of thiophene rings is 1. The third kappa shape index (κ3) is 4.24. The third-order valence-electron chi connectivity index (χ3n) is 5.18. The largest absolute Gasteiger partial charge is 0.344 e. The lowest BCUT2D eigenvalue weighted by molar-refractivity contribution is -0.130. The number of rotatable bonds is 7. The van der Waals surface area contributed by atoms with Crippen molar-refractivity contribution in [3.63, 3.8) is 0 Å². The van der Waals surface area contributed by atoms with E-state index in [0.29, 0.717) is 12.4 Å². The van der Waals surface area contributed by atoms with Crippen LogP contribution >= 0.6 is 11.3 Å². The molecule has 148 valence electrons. The Hall–Kier alpha value is -1.73. The van der Waals surface area contributed by atoms with Crippen LogP contribution in [0.5, 0.6) is 0 Å². The van der Waals surface area contributed by atoms with E-state index in [1.165, 1.54) is 16.9 Å². The molecule has 7 heteroatoms. The van der Waals surface area contributed by atoms with E-state index in [2.05, 4.69) is 6.92 Å². The van der Waals surface area contributed by atoms with Crippen LogP contribution in [0.15, 0.2) is 4.79 Å². The lowest BCUT2D eigenvalue weighted by Gasteiger charge is -2.20. The maximum Gasteiger partial charge on any atom is 0.263 e. The van der Waals surface area contributed by atoms with Crippen molar-refractivity contribution < 1.29 is 4.79 Å². The summed E-state index contributed by atoms with van der Waals surface area (Å²) in [6.07, 6.45) is 6.30. The van der Waals surface area contributed by atoms with Crippen LogP contribution in [0.3, 0.4) is 0 Å². The number of aromatic nitrogens is 2. The number of aryl methyl sites for hydroxylation is 2. The molecule has 0 saturated carbocycles. The molecule has 0 N–H and O–H groups in total. The van der Waals surface area contributed by atoms with Crippen molar-refractivity contribution in [2.45, 2.75) is 58.5 Å². The van der Waals surface area contributed by atoms with Crippen LogP contribution in [0, 0.1) is 0 Å². The summed E-state index contributed by atoms with van der Waals surface area (Å²) >= 11 is 1.66. The van der Waals surface area contributed by atoms with Crippen LogP contribution in [0.25, 0.3) is 10.2 Å². The van der Waals surface area contributed by atoms with E-state index in [4.69, 9.17) is 4.98 Å².